The lowest BCUT2D eigenvalue weighted by Crippen LogP contribution is -2.30. The van der Waals surface area contributed by atoms with Crippen molar-refractivity contribution in [1.82, 2.24) is 9.97 Å². The number of nitrogens with two attached hydrogens (primary N) is 1. The Morgan fingerprint density at radius 3 is 2.54 bits per heavy atom. The van der Waals surface area contributed by atoms with Crippen LogP contribution >= 0.6 is 0 Å². The predicted molar refractivity (Wildman–Crippen MR) is 145 cm³/mol. The molecule has 9 heteroatoms. The molecule has 0 spiro atoms. The average Bonchev–Trinajstić information content (AvgIpc) is 2.82. The summed E-state index contributed by atoms with van der Waals surface area (Å²) < 4.78 is 16.1. The minimum atomic E-state index is -0.578. The highest BCUT2D eigenvalue weighted by atomic mass is 16.6. The van der Waals surface area contributed by atoms with Crippen molar-refractivity contribution in [2.45, 2.75) is 78.4 Å². The summed E-state index contributed by atoms with van der Waals surface area (Å²) in [5, 5.41) is 3.43. The van der Waals surface area contributed by atoms with E-state index in [-0.39, 0.29) is 31.0 Å². The highest BCUT2D eigenvalue weighted by Crippen LogP contribution is 2.28. The van der Waals surface area contributed by atoms with Gasteiger partial charge in [0.1, 0.15) is 17.2 Å². The number of ether oxygens (including phenoxy) is 3. The molecule has 1 aromatic carbocycles. The molecule has 0 aliphatic rings. The summed E-state index contributed by atoms with van der Waals surface area (Å²) in [4.78, 5) is 33.6. The van der Waals surface area contributed by atoms with Gasteiger partial charge in [0, 0.05) is 24.1 Å². The number of methoxy groups -OCH3 is 1. The predicted octanol–water partition coefficient (Wildman–Crippen LogP) is 4.94. The first-order chi connectivity index (χ1) is 17.6. The molecular formula is C28H40N4O5. The number of carbonyl (C=O) groups excluding carboxylic acids is 2. The lowest BCUT2D eigenvalue weighted by atomic mass is 10.0. The Kier molecular flexibility index (Phi) is 11.4. The van der Waals surface area contributed by atoms with Gasteiger partial charge in [-0.15, -0.1) is 0 Å². The van der Waals surface area contributed by atoms with Crippen LogP contribution in [-0.4, -0.2) is 47.3 Å². The van der Waals surface area contributed by atoms with Crippen LogP contribution in [-0.2, 0) is 25.5 Å². The number of esters is 2. The summed E-state index contributed by atoms with van der Waals surface area (Å²) in [5.74, 6) is 0.467. The second-order valence-electron chi connectivity index (χ2n) is 9.64. The normalized spacial score (nSPS) is 12.3. The molecule has 0 aliphatic heterocycles. The molecule has 2 rings (SSSR count). The number of unbranched alkanes of at least 4 members (excludes halogenated alkanes) is 1. The molecule has 37 heavy (non-hydrogen) atoms. The summed E-state index contributed by atoms with van der Waals surface area (Å²) in [7, 11) is 1.61. The van der Waals surface area contributed by atoms with Crippen LogP contribution in [0.5, 0.6) is 5.75 Å². The second kappa shape index (κ2) is 14.2. The van der Waals surface area contributed by atoms with Gasteiger partial charge in [0.15, 0.2) is 0 Å². The second-order valence-corrected chi connectivity index (χ2v) is 9.64. The van der Waals surface area contributed by atoms with E-state index < -0.39 is 11.6 Å². The lowest BCUT2D eigenvalue weighted by Gasteiger charge is -2.24. The molecule has 0 amide bonds. The number of benzene rings is 1. The molecule has 1 atom stereocenters. The van der Waals surface area contributed by atoms with Crippen molar-refractivity contribution in [3.05, 3.63) is 47.2 Å². The fourth-order valence-electron chi connectivity index (χ4n) is 3.78. The summed E-state index contributed by atoms with van der Waals surface area (Å²) in [6.45, 7) is 9.64. The highest BCUT2D eigenvalue weighted by molar-refractivity contribution is 5.87. The van der Waals surface area contributed by atoms with Gasteiger partial charge in [0.2, 0.25) is 5.95 Å². The summed E-state index contributed by atoms with van der Waals surface area (Å²) in [6, 6.07) is 7.41. The maximum absolute atomic E-state index is 12.7. The molecule has 3 N–H and O–H groups in total. The van der Waals surface area contributed by atoms with E-state index >= 15 is 0 Å². The van der Waals surface area contributed by atoms with Crippen LogP contribution in [0, 0.1) is 0 Å². The molecule has 2 aromatic rings. The van der Waals surface area contributed by atoms with Gasteiger partial charge in [0.05, 0.1) is 25.8 Å². The van der Waals surface area contributed by atoms with Crippen molar-refractivity contribution in [2.75, 3.05) is 24.8 Å². The van der Waals surface area contributed by atoms with E-state index in [1.54, 1.807) is 20.1 Å². The van der Waals surface area contributed by atoms with E-state index in [1.165, 1.54) is 6.08 Å². The largest absolute Gasteiger partial charge is 0.496 e. The molecule has 0 saturated heterocycles. The Bertz CT molecular complexity index is 1080. The molecule has 0 bridgehead atoms. The van der Waals surface area contributed by atoms with E-state index in [0.717, 1.165) is 24.8 Å². The zero-order valence-corrected chi connectivity index (χ0v) is 22.8. The van der Waals surface area contributed by atoms with Crippen molar-refractivity contribution in [3.63, 3.8) is 0 Å². The fraction of sp³-hybridized carbons (Fsp3) is 0.500. The number of aromatic nitrogens is 2. The molecule has 1 heterocycles. The fourth-order valence-corrected chi connectivity index (χ4v) is 3.78. The maximum Gasteiger partial charge on any atom is 0.330 e. The van der Waals surface area contributed by atoms with E-state index in [0.29, 0.717) is 29.2 Å². The number of carbonyl (C=O) groups is 2. The molecule has 1 aromatic heterocycles. The third-order valence-electron chi connectivity index (χ3n) is 5.36. The van der Waals surface area contributed by atoms with Gasteiger partial charge in [-0.25, -0.2) is 9.78 Å². The van der Waals surface area contributed by atoms with Crippen molar-refractivity contribution in [1.29, 1.82) is 0 Å². The van der Waals surface area contributed by atoms with Gasteiger partial charge in [-0.2, -0.15) is 4.98 Å². The Hall–Kier alpha value is -3.62. The van der Waals surface area contributed by atoms with Crippen LogP contribution in [0.4, 0.5) is 11.8 Å². The minimum Gasteiger partial charge on any atom is -0.496 e. The third-order valence-corrected chi connectivity index (χ3v) is 5.36. The van der Waals surface area contributed by atoms with Crippen LogP contribution in [0.2, 0.25) is 0 Å². The molecule has 0 radical (unpaired) electrons. The first kappa shape index (κ1) is 29.6. The monoisotopic (exact) mass is 512 g/mol. The molecule has 0 aliphatic carbocycles. The summed E-state index contributed by atoms with van der Waals surface area (Å²) in [6.07, 6.45) is 6.09. The van der Waals surface area contributed by atoms with Crippen molar-refractivity contribution in [2.24, 2.45) is 0 Å². The van der Waals surface area contributed by atoms with Gasteiger partial charge in [-0.05, 0) is 51.8 Å². The quantitative estimate of drug-likeness (QED) is 0.283. The number of anilines is 2. The van der Waals surface area contributed by atoms with Crippen molar-refractivity contribution < 1.29 is 23.8 Å². The Morgan fingerprint density at radius 1 is 1.16 bits per heavy atom. The van der Waals surface area contributed by atoms with Crippen LogP contribution in [0.25, 0.3) is 6.08 Å². The van der Waals surface area contributed by atoms with E-state index in [4.69, 9.17) is 19.9 Å². The number of para-hydroxylation sites is 1. The Morgan fingerprint density at radius 2 is 1.89 bits per heavy atom. The Balaban J connectivity index is 2.51. The number of hydrogen-bond donors (Lipinski definition) is 2. The van der Waals surface area contributed by atoms with Gasteiger partial charge in [-0.3, -0.25) is 4.79 Å². The standard InChI is InChI=1S/C28H40N4O5/c1-7-9-13-20(18-25(34)37-28(3,4)5)30-26-21(17-19-12-10-11-14-23(19)35-6)22(31-27(29)32-26)15-16-24(33)36-8-2/h10-12,14-16,20H,7-9,13,17-18H2,1-6H3,(H3,29,30,31,32). The molecule has 9 nitrogen and oxygen atoms in total. The lowest BCUT2D eigenvalue weighted by molar-refractivity contribution is -0.155. The number of hydrogen-bond acceptors (Lipinski definition) is 9. The topological polar surface area (TPSA) is 126 Å². The van der Waals surface area contributed by atoms with Crippen LogP contribution in [0.1, 0.15) is 77.1 Å². The van der Waals surface area contributed by atoms with Crippen molar-refractivity contribution in [3.8, 4) is 5.75 Å². The van der Waals surface area contributed by atoms with E-state index in [2.05, 4.69) is 22.2 Å². The van der Waals surface area contributed by atoms with E-state index in [1.807, 2.05) is 45.0 Å². The van der Waals surface area contributed by atoms with Gasteiger partial charge >= 0.3 is 11.9 Å². The van der Waals surface area contributed by atoms with Crippen LogP contribution in [0.15, 0.2) is 30.3 Å². The number of nitrogens with zero attached hydrogens (tertiary/aromatic N) is 2. The van der Waals surface area contributed by atoms with Crippen LogP contribution < -0.4 is 15.8 Å². The summed E-state index contributed by atoms with van der Waals surface area (Å²) in [5.41, 5.74) is 7.59. The summed E-state index contributed by atoms with van der Waals surface area (Å²) >= 11 is 0. The number of nitrogen functional groups attached to an aromatic ring is 1. The Labute approximate surface area is 219 Å². The smallest absolute Gasteiger partial charge is 0.330 e. The SMILES string of the molecule is CCCCC(CC(=O)OC(C)(C)C)Nc1nc(N)nc(C=CC(=O)OCC)c1Cc1ccccc1OC. The molecule has 0 saturated carbocycles. The maximum atomic E-state index is 12.7. The molecule has 1 unspecified atom stereocenters. The zero-order chi connectivity index (χ0) is 27.4. The average molecular weight is 513 g/mol. The van der Waals surface area contributed by atoms with E-state index in [9.17, 15) is 9.59 Å². The number of rotatable bonds is 13. The van der Waals surface area contributed by atoms with Gasteiger partial charge in [0.25, 0.3) is 0 Å². The van der Waals surface area contributed by atoms with Gasteiger partial charge < -0.3 is 25.3 Å². The number of nitrogens with one attached hydrogen (secondary N) is 1. The third kappa shape index (κ3) is 10.1. The first-order valence-electron chi connectivity index (χ1n) is 12.7. The minimum absolute atomic E-state index is 0.0429. The van der Waals surface area contributed by atoms with Gasteiger partial charge in [-0.1, -0.05) is 38.0 Å². The highest BCUT2D eigenvalue weighted by Gasteiger charge is 2.23. The first-order valence-corrected chi connectivity index (χ1v) is 12.7. The molecule has 0 fully saturated rings. The van der Waals surface area contributed by atoms with Crippen molar-refractivity contribution >= 4 is 29.8 Å². The zero-order valence-electron chi connectivity index (χ0n) is 22.8. The molecular weight excluding hydrogens is 472 g/mol. The molecule has 202 valence electrons. The van der Waals surface area contributed by atoms with Crippen LogP contribution in [0.3, 0.4) is 0 Å².